The SMILES string of the molecule is O=C(CN1CCC2(CC1)NC(=O)c1ccccc1O2)NCc1ccc(F)cc1. The Hall–Kier alpha value is -2.93. The molecule has 2 N–H and O–H groups in total. The van der Waals surface area contributed by atoms with Crippen LogP contribution in [0.1, 0.15) is 28.8 Å². The number of benzene rings is 2. The van der Waals surface area contributed by atoms with Crippen LogP contribution in [0.5, 0.6) is 5.75 Å². The Morgan fingerprint density at radius 3 is 2.61 bits per heavy atom. The van der Waals surface area contributed by atoms with Gasteiger partial charge in [-0.25, -0.2) is 4.39 Å². The smallest absolute Gasteiger partial charge is 0.258 e. The number of hydrogen-bond donors (Lipinski definition) is 2. The first kappa shape index (κ1) is 18.4. The number of nitrogens with one attached hydrogen (secondary N) is 2. The largest absolute Gasteiger partial charge is 0.467 e. The molecule has 1 fully saturated rings. The second kappa shape index (κ2) is 7.59. The van der Waals surface area contributed by atoms with Crippen molar-refractivity contribution in [2.24, 2.45) is 0 Å². The quantitative estimate of drug-likeness (QED) is 0.848. The topological polar surface area (TPSA) is 70.7 Å². The molecule has 2 amide bonds. The summed E-state index contributed by atoms with van der Waals surface area (Å²) in [7, 11) is 0. The standard InChI is InChI=1S/C21H22FN3O3/c22-16-7-5-15(6-8-16)13-23-19(26)14-25-11-9-21(10-12-25)24-20(27)17-3-1-2-4-18(17)28-21/h1-8H,9-14H2,(H,23,26)(H,24,27). The zero-order chi connectivity index (χ0) is 19.6. The predicted molar refractivity (Wildman–Crippen MR) is 101 cm³/mol. The van der Waals surface area contributed by atoms with Gasteiger partial charge < -0.3 is 15.4 Å². The van der Waals surface area contributed by atoms with E-state index in [1.165, 1.54) is 12.1 Å². The Morgan fingerprint density at radius 2 is 1.86 bits per heavy atom. The molecule has 7 heteroatoms. The number of carbonyl (C=O) groups is 2. The van der Waals surface area contributed by atoms with E-state index >= 15 is 0 Å². The van der Waals surface area contributed by atoms with Crippen molar-refractivity contribution < 1.29 is 18.7 Å². The van der Waals surface area contributed by atoms with Gasteiger partial charge in [0.15, 0.2) is 5.72 Å². The molecule has 0 aromatic heterocycles. The van der Waals surface area contributed by atoms with Crippen LogP contribution in [0.3, 0.4) is 0 Å². The van der Waals surface area contributed by atoms with Crippen molar-refractivity contribution in [1.29, 1.82) is 0 Å². The number of ether oxygens (including phenoxy) is 1. The first-order valence-electron chi connectivity index (χ1n) is 9.37. The molecule has 4 rings (SSSR count). The number of rotatable bonds is 4. The third-order valence-corrected chi connectivity index (χ3v) is 5.21. The minimum atomic E-state index is -0.702. The molecule has 2 aromatic rings. The monoisotopic (exact) mass is 383 g/mol. The van der Waals surface area contributed by atoms with E-state index in [0.717, 1.165) is 5.56 Å². The lowest BCUT2D eigenvalue weighted by Gasteiger charge is -2.44. The lowest BCUT2D eigenvalue weighted by molar-refractivity contribution is -0.123. The van der Waals surface area contributed by atoms with Crippen LogP contribution in [0.15, 0.2) is 48.5 Å². The van der Waals surface area contributed by atoms with Crippen molar-refractivity contribution in [3.8, 4) is 5.75 Å². The summed E-state index contributed by atoms with van der Waals surface area (Å²) in [5, 5.41) is 5.85. The summed E-state index contributed by atoms with van der Waals surface area (Å²) in [6.07, 6.45) is 1.22. The van der Waals surface area contributed by atoms with Crippen molar-refractivity contribution in [2.45, 2.75) is 25.1 Å². The highest BCUT2D eigenvalue weighted by Crippen LogP contribution is 2.33. The molecular formula is C21H22FN3O3. The fourth-order valence-corrected chi connectivity index (χ4v) is 3.61. The van der Waals surface area contributed by atoms with Crippen LogP contribution in [0, 0.1) is 5.82 Å². The molecule has 1 saturated heterocycles. The van der Waals surface area contributed by atoms with Gasteiger partial charge >= 0.3 is 0 Å². The lowest BCUT2D eigenvalue weighted by atomic mass is 9.97. The van der Waals surface area contributed by atoms with E-state index in [9.17, 15) is 14.0 Å². The van der Waals surface area contributed by atoms with Crippen LogP contribution in [-0.2, 0) is 11.3 Å². The van der Waals surface area contributed by atoms with Crippen LogP contribution in [0.4, 0.5) is 4.39 Å². The summed E-state index contributed by atoms with van der Waals surface area (Å²) >= 11 is 0. The molecule has 1 spiro atoms. The number of piperidine rings is 1. The Bertz CT molecular complexity index is 877. The van der Waals surface area contributed by atoms with Gasteiger partial charge in [-0.2, -0.15) is 0 Å². The van der Waals surface area contributed by atoms with Crippen LogP contribution in [0.25, 0.3) is 0 Å². The highest BCUT2D eigenvalue weighted by atomic mass is 19.1. The highest BCUT2D eigenvalue weighted by Gasteiger charge is 2.42. The van der Waals surface area contributed by atoms with Gasteiger partial charge in [0.05, 0.1) is 12.1 Å². The van der Waals surface area contributed by atoms with Gasteiger partial charge in [-0.1, -0.05) is 24.3 Å². The summed E-state index contributed by atoms with van der Waals surface area (Å²) < 4.78 is 19.0. The molecule has 28 heavy (non-hydrogen) atoms. The van der Waals surface area contributed by atoms with E-state index in [2.05, 4.69) is 10.6 Å². The third-order valence-electron chi connectivity index (χ3n) is 5.21. The summed E-state index contributed by atoms with van der Waals surface area (Å²) in [5.41, 5.74) is 0.701. The molecule has 2 heterocycles. The predicted octanol–water partition coefficient (Wildman–Crippen LogP) is 2.06. The third kappa shape index (κ3) is 3.99. The highest BCUT2D eigenvalue weighted by molar-refractivity contribution is 5.98. The first-order chi connectivity index (χ1) is 13.5. The fourth-order valence-electron chi connectivity index (χ4n) is 3.61. The van der Waals surface area contributed by atoms with E-state index in [0.29, 0.717) is 43.8 Å². The van der Waals surface area contributed by atoms with E-state index in [4.69, 9.17) is 4.74 Å². The molecular weight excluding hydrogens is 361 g/mol. The molecule has 0 saturated carbocycles. The van der Waals surface area contributed by atoms with E-state index in [1.54, 1.807) is 18.2 Å². The molecule has 0 atom stereocenters. The Labute approximate surface area is 162 Å². The van der Waals surface area contributed by atoms with Crippen molar-refractivity contribution in [1.82, 2.24) is 15.5 Å². The maximum absolute atomic E-state index is 12.9. The molecule has 6 nitrogen and oxygen atoms in total. The maximum Gasteiger partial charge on any atom is 0.258 e. The molecule has 2 aliphatic heterocycles. The molecule has 146 valence electrons. The number of amides is 2. The molecule has 0 bridgehead atoms. The number of nitrogens with zero attached hydrogens (tertiary/aromatic N) is 1. The van der Waals surface area contributed by atoms with Gasteiger partial charge in [0, 0.05) is 32.5 Å². The number of fused-ring (bicyclic) bond motifs is 1. The van der Waals surface area contributed by atoms with Gasteiger partial charge in [0.25, 0.3) is 5.91 Å². The second-order valence-electron chi connectivity index (χ2n) is 7.23. The first-order valence-corrected chi connectivity index (χ1v) is 9.37. The fraction of sp³-hybridized carbons (Fsp3) is 0.333. The molecule has 2 aliphatic rings. The van der Waals surface area contributed by atoms with Gasteiger partial charge in [0.1, 0.15) is 11.6 Å². The molecule has 0 radical (unpaired) electrons. The number of halogens is 1. The minimum Gasteiger partial charge on any atom is -0.467 e. The zero-order valence-corrected chi connectivity index (χ0v) is 15.4. The molecule has 2 aromatic carbocycles. The number of para-hydroxylation sites is 1. The number of carbonyl (C=O) groups excluding carboxylic acids is 2. The normalized spacial score (nSPS) is 18.1. The average molecular weight is 383 g/mol. The van der Waals surface area contributed by atoms with Crippen LogP contribution >= 0.6 is 0 Å². The summed E-state index contributed by atoms with van der Waals surface area (Å²) in [5.74, 6) is 0.111. The average Bonchev–Trinajstić information content (AvgIpc) is 2.70. The Morgan fingerprint density at radius 1 is 1.14 bits per heavy atom. The van der Waals surface area contributed by atoms with E-state index in [-0.39, 0.29) is 24.2 Å². The van der Waals surface area contributed by atoms with Crippen molar-refractivity contribution >= 4 is 11.8 Å². The van der Waals surface area contributed by atoms with Crippen molar-refractivity contribution in [3.63, 3.8) is 0 Å². The second-order valence-corrected chi connectivity index (χ2v) is 7.23. The van der Waals surface area contributed by atoms with Crippen molar-refractivity contribution in [2.75, 3.05) is 19.6 Å². The van der Waals surface area contributed by atoms with Crippen LogP contribution < -0.4 is 15.4 Å². The summed E-state index contributed by atoms with van der Waals surface area (Å²) in [6.45, 7) is 1.94. The van der Waals surface area contributed by atoms with Crippen molar-refractivity contribution in [3.05, 3.63) is 65.5 Å². The summed E-state index contributed by atoms with van der Waals surface area (Å²) in [6, 6.07) is 13.3. The van der Waals surface area contributed by atoms with Gasteiger partial charge in [-0.3, -0.25) is 14.5 Å². The van der Waals surface area contributed by atoms with E-state index < -0.39 is 5.72 Å². The Balaban J connectivity index is 1.28. The maximum atomic E-state index is 12.9. The Kier molecular flexibility index (Phi) is 5.00. The van der Waals surface area contributed by atoms with Crippen LogP contribution in [-0.4, -0.2) is 42.1 Å². The minimum absolute atomic E-state index is 0.0841. The number of likely N-dealkylation sites (tertiary alicyclic amines) is 1. The van der Waals surface area contributed by atoms with Gasteiger partial charge in [0.2, 0.25) is 5.91 Å². The van der Waals surface area contributed by atoms with Gasteiger partial charge in [-0.05, 0) is 29.8 Å². The zero-order valence-electron chi connectivity index (χ0n) is 15.4. The molecule has 0 aliphatic carbocycles. The van der Waals surface area contributed by atoms with E-state index in [1.807, 2.05) is 23.1 Å². The molecule has 0 unspecified atom stereocenters. The van der Waals surface area contributed by atoms with Gasteiger partial charge in [-0.15, -0.1) is 0 Å². The summed E-state index contributed by atoms with van der Waals surface area (Å²) in [4.78, 5) is 26.6. The van der Waals surface area contributed by atoms with Crippen LogP contribution in [0.2, 0.25) is 0 Å². The number of hydrogen-bond acceptors (Lipinski definition) is 4. The lowest BCUT2D eigenvalue weighted by Crippen LogP contribution is -2.61.